The standard InChI is InChI=1S/C12H16N4OS/c1-4-13-11-14-10(9-8(3)6-7-18-9)15-12(16-11)17-5-2/h6-7H,4-5H2,1-3H3,(H,13,14,15,16). The van der Waals surface area contributed by atoms with Crippen LogP contribution in [0.3, 0.4) is 0 Å². The molecule has 5 nitrogen and oxygen atoms in total. The molecule has 2 rings (SSSR count). The third-order valence-corrected chi connectivity index (χ3v) is 3.30. The average Bonchev–Trinajstić information content (AvgIpc) is 2.76. The van der Waals surface area contributed by atoms with E-state index in [1.165, 1.54) is 0 Å². The minimum absolute atomic E-state index is 0.367. The molecule has 0 fully saturated rings. The topological polar surface area (TPSA) is 59.9 Å². The SMILES string of the molecule is CCNc1nc(OCC)nc(-c2sccc2C)n1. The first kappa shape index (κ1) is 12.8. The van der Waals surface area contributed by atoms with Crippen LogP contribution in [0, 0.1) is 6.92 Å². The van der Waals surface area contributed by atoms with Crippen molar-refractivity contribution in [1.29, 1.82) is 0 Å². The van der Waals surface area contributed by atoms with Gasteiger partial charge in [0.1, 0.15) is 0 Å². The molecule has 0 unspecified atom stereocenters. The van der Waals surface area contributed by atoms with E-state index < -0.39 is 0 Å². The minimum Gasteiger partial charge on any atom is -0.464 e. The van der Waals surface area contributed by atoms with E-state index in [2.05, 4.69) is 26.3 Å². The Bertz CT molecular complexity index is 502. The van der Waals surface area contributed by atoms with Crippen LogP contribution < -0.4 is 10.1 Å². The highest BCUT2D eigenvalue weighted by molar-refractivity contribution is 7.13. The van der Waals surface area contributed by atoms with Crippen LogP contribution >= 0.6 is 11.3 Å². The van der Waals surface area contributed by atoms with Crippen LogP contribution in [0.15, 0.2) is 11.4 Å². The van der Waals surface area contributed by atoms with Gasteiger partial charge in [-0.25, -0.2) is 0 Å². The zero-order valence-electron chi connectivity index (χ0n) is 10.7. The number of nitrogens with one attached hydrogen (secondary N) is 1. The Balaban J connectivity index is 2.42. The molecule has 6 heteroatoms. The number of aryl methyl sites for hydroxylation is 1. The highest BCUT2D eigenvalue weighted by Crippen LogP contribution is 2.27. The first-order valence-corrected chi connectivity index (χ1v) is 6.79. The second-order valence-corrected chi connectivity index (χ2v) is 4.58. The molecule has 0 aromatic carbocycles. The van der Waals surface area contributed by atoms with E-state index in [0.29, 0.717) is 24.4 Å². The fraction of sp³-hybridized carbons (Fsp3) is 0.417. The Kier molecular flexibility index (Phi) is 4.09. The van der Waals surface area contributed by atoms with Gasteiger partial charge in [-0.2, -0.15) is 15.0 Å². The second kappa shape index (κ2) is 5.77. The maximum Gasteiger partial charge on any atom is 0.321 e. The summed E-state index contributed by atoms with van der Waals surface area (Å²) >= 11 is 1.62. The molecular weight excluding hydrogens is 248 g/mol. The van der Waals surface area contributed by atoms with Crippen molar-refractivity contribution in [3.05, 3.63) is 17.0 Å². The number of anilines is 1. The highest BCUT2D eigenvalue weighted by Gasteiger charge is 2.11. The van der Waals surface area contributed by atoms with Crippen LogP contribution in [0.5, 0.6) is 6.01 Å². The Morgan fingerprint density at radius 3 is 2.72 bits per heavy atom. The van der Waals surface area contributed by atoms with Crippen molar-refractivity contribution in [3.63, 3.8) is 0 Å². The summed E-state index contributed by atoms with van der Waals surface area (Å²) in [6.07, 6.45) is 0. The maximum absolute atomic E-state index is 5.37. The molecule has 18 heavy (non-hydrogen) atoms. The normalized spacial score (nSPS) is 10.4. The van der Waals surface area contributed by atoms with Gasteiger partial charge in [-0.1, -0.05) is 0 Å². The summed E-state index contributed by atoms with van der Waals surface area (Å²) in [5.41, 5.74) is 1.16. The first-order valence-electron chi connectivity index (χ1n) is 5.91. The van der Waals surface area contributed by atoms with Gasteiger partial charge in [-0.05, 0) is 37.8 Å². The molecular formula is C12H16N4OS. The molecule has 0 bridgehead atoms. The summed E-state index contributed by atoms with van der Waals surface area (Å²) < 4.78 is 5.37. The van der Waals surface area contributed by atoms with E-state index >= 15 is 0 Å². The fourth-order valence-electron chi connectivity index (χ4n) is 1.49. The Hall–Kier alpha value is -1.69. The molecule has 1 N–H and O–H groups in total. The lowest BCUT2D eigenvalue weighted by Gasteiger charge is -2.07. The second-order valence-electron chi connectivity index (χ2n) is 3.66. The predicted molar refractivity (Wildman–Crippen MR) is 73.2 cm³/mol. The predicted octanol–water partition coefficient (Wildman–Crippen LogP) is 2.74. The summed E-state index contributed by atoms with van der Waals surface area (Å²) in [6, 6.07) is 2.42. The fourth-order valence-corrected chi connectivity index (χ4v) is 2.35. The number of rotatable bonds is 5. The number of aromatic nitrogens is 3. The molecule has 2 aromatic heterocycles. The molecule has 0 aliphatic carbocycles. The van der Waals surface area contributed by atoms with Crippen LogP contribution in [-0.2, 0) is 0 Å². The van der Waals surface area contributed by atoms with E-state index in [1.54, 1.807) is 11.3 Å². The summed E-state index contributed by atoms with van der Waals surface area (Å²) in [4.78, 5) is 14.0. The van der Waals surface area contributed by atoms with Crippen molar-refractivity contribution < 1.29 is 4.74 Å². The van der Waals surface area contributed by atoms with Crippen molar-refractivity contribution in [2.75, 3.05) is 18.5 Å². The van der Waals surface area contributed by atoms with E-state index in [0.717, 1.165) is 17.0 Å². The third-order valence-electron chi connectivity index (χ3n) is 2.29. The highest BCUT2D eigenvalue weighted by atomic mass is 32.1. The zero-order chi connectivity index (χ0) is 13.0. The van der Waals surface area contributed by atoms with E-state index in [1.807, 2.05) is 26.2 Å². The molecule has 0 radical (unpaired) electrons. The Labute approximate surface area is 110 Å². The summed E-state index contributed by atoms with van der Waals surface area (Å²) in [6.45, 7) is 7.26. The maximum atomic E-state index is 5.37. The lowest BCUT2D eigenvalue weighted by Crippen LogP contribution is -2.07. The van der Waals surface area contributed by atoms with Gasteiger partial charge in [0.25, 0.3) is 0 Å². The van der Waals surface area contributed by atoms with Crippen molar-refractivity contribution >= 4 is 17.3 Å². The summed E-state index contributed by atoms with van der Waals surface area (Å²) in [5.74, 6) is 1.22. The first-order chi connectivity index (χ1) is 8.74. The van der Waals surface area contributed by atoms with Crippen molar-refractivity contribution in [2.45, 2.75) is 20.8 Å². The molecule has 0 amide bonds. The van der Waals surface area contributed by atoms with Gasteiger partial charge in [-0.15, -0.1) is 11.3 Å². The number of hydrogen-bond donors (Lipinski definition) is 1. The van der Waals surface area contributed by atoms with Crippen LogP contribution in [0.2, 0.25) is 0 Å². The van der Waals surface area contributed by atoms with Gasteiger partial charge in [0.05, 0.1) is 11.5 Å². The molecule has 0 saturated heterocycles. The average molecular weight is 264 g/mol. The molecule has 2 aromatic rings. The van der Waals surface area contributed by atoms with Crippen molar-refractivity contribution in [2.24, 2.45) is 0 Å². The van der Waals surface area contributed by atoms with Crippen LogP contribution in [-0.4, -0.2) is 28.1 Å². The van der Waals surface area contributed by atoms with Gasteiger partial charge < -0.3 is 10.1 Å². The van der Waals surface area contributed by atoms with E-state index in [4.69, 9.17) is 4.74 Å². The van der Waals surface area contributed by atoms with Crippen LogP contribution in [0.4, 0.5) is 5.95 Å². The largest absolute Gasteiger partial charge is 0.464 e. The lowest BCUT2D eigenvalue weighted by atomic mass is 10.3. The summed E-state index contributed by atoms with van der Waals surface area (Å²) in [5, 5.41) is 5.12. The van der Waals surface area contributed by atoms with Gasteiger partial charge in [-0.3, -0.25) is 0 Å². The lowest BCUT2D eigenvalue weighted by molar-refractivity contribution is 0.312. The number of nitrogens with zero attached hydrogens (tertiary/aromatic N) is 3. The third kappa shape index (κ3) is 2.76. The number of hydrogen-bond acceptors (Lipinski definition) is 6. The molecule has 0 saturated carbocycles. The monoisotopic (exact) mass is 264 g/mol. The van der Waals surface area contributed by atoms with Crippen LogP contribution in [0.25, 0.3) is 10.7 Å². The Morgan fingerprint density at radius 1 is 1.28 bits per heavy atom. The molecule has 96 valence electrons. The Morgan fingerprint density at radius 2 is 2.11 bits per heavy atom. The zero-order valence-corrected chi connectivity index (χ0v) is 11.5. The molecule has 0 aliphatic heterocycles. The van der Waals surface area contributed by atoms with Gasteiger partial charge in [0.2, 0.25) is 5.95 Å². The van der Waals surface area contributed by atoms with Gasteiger partial charge in [0, 0.05) is 6.54 Å². The quantitative estimate of drug-likeness (QED) is 0.899. The molecule has 0 spiro atoms. The molecule has 0 aliphatic rings. The smallest absolute Gasteiger partial charge is 0.321 e. The molecule has 2 heterocycles. The van der Waals surface area contributed by atoms with E-state index in [9.17, 15) is 0 Å². The molecule has 0 atom stereocenters. The van der Waals surface area contributed by atoms with Crippen molar-refractivity contribution in [3.8, 4) is 16.7 Å². The van der Waals surface area contributed by atoms with Gasteiger partial charge in [0.15, 0.2) is 5.82 Å². The van der Waals surface area contributed by atoms with E-state index in [-0.39, 0.29) is 0 Å². The number of thiophene rings is 1. The minimum atomic E-state index is 0.367. The van der Waals surface area contributed by atoms with Crippen LogP contribution in [0.1, 0.15) is 19.4 Å². The number of ether oxygens (including phenoxy) is 1. The van der Waals surface area contributed by atoms with Gasteiger partial charge >= 0.3 is 6.01 Å². The summed E-state index contributed by atoms with van der Waals surface area (Å²) in [7, 11) is 0. The van der Waals surface area contributed by atoms with Crippen molar-refractivity contribution in [1.82, 2.24) is 15.0 Å².